The maximum Gasteiger partial charge on any atom is 0.0709 e. The van der Waals surface area contributed by atoms with Crippen LogP contribution >= 0.6 is 15.9 Å². The molecule has 1 nitrogen and oxygen atoms in total. The molecule has 9 atom stereocenters. The molecule has 5 aliphatic carbocycles. The van der Waals surface area contributed by atoms with Crippen molar-refractivity contribution in [1.82, 2.24) is 0 Å². The van der Waals surface area contributed by atoms with Crippen LogP contribution < -0.4 is 0 Å². The second kappa shape index (κ2) is 2.48. The van der Waals surface area contributed by atoms with E-state index in [1.165, 1.54) is 19.3 Å². The molecule has 8 unspecified atom stereocenters. The van der Waals surface area contributed by atoms with Gasteiger partial charge in [-0.3, -0.25) is 0 Å². The molecule has 7 rings (SSSR count). The maximum absolute atomic E-state index is 6.32. The first kappa shape index (κ1) is 8.52. The average Bonchev–Trinajstić information content (AvgIpc) is 2.26. The monoisotopic (exact) mass is 268 g/mol. The summed E-state index contributed by atoms with van der Waals surface area (Å²) in [4.78, 5) is 0.694. The summed E-state index contributed by atoms with van der Waals surface area (Å²) >= 11 is 3.94. The summed E-state index contributed by atoms with van der Waals surface area (Å²) in [5, 5.41) is 0. The summed E-state index contributed by atoms with van der Waals surface area (Å²) in [6.07, 6.45) is 7.18. The van der Waals surface area contributed by atoms with E-state index >= 15 is 0 Å². The summed E-state index contributed by atoms with van der Waals surface area (Å²) in [7, 11) is 0. The topological polar surface area (TPSA) is 9.23 Å². The molecular weight excluding hydrogens is 252 g/mol. The van der Waals surface area contributed by atoms with Gasteiger partial charge >= 0.3 is 0 Å². The molecule has 2 aliphatic heterocycles. The van der Waals surface area contributed by atoms with Crippen molar-refractivity contribution in [3.63, 3.8) is 0 Å². The van der Waals surface area contributed by atoms with E-state index in [0.717, 1.165) is 35.5 Å². The Labute approximate surface area is 99.1 Å². The highest BCUT2D eigenvalue weighted by Crippen LogP contribution is 2.68. The lowest BCUT2D eigenvalue weighted by atomic mass is 9.42. The summed E-state index contributed by atoms with van der Waals surface area (Å²) < 4.78 is 6.32. The Kier molecular flexibility index (Phi) is 1.41. The number of alkyl halides is 1. The third-order valence-electron chi connectivity index (χ3n) is 6.31. The van der Waals surface area contributed by atoms with Crippen LogP contribution in [0.4, 0.5) is 0 Å². The first-order valence-corrected chi connectivity index (χ1v) is 7.54. The van der Waals surface area contributed by atoms with Crippen LogP contribution in [0, 0.1) is 35.5 Å². The van der Waals surface area contributed by atoms with Crippen LogP contribution in [0.3, 0.4) is 0 Å². The van der Waals surface area contributed by atoms with E-state index in [0.29, 0.717) is 17.0 Å². The molecule has 2 heteroatoms. The molecule has 0 amide bonds. The number of hydrogen-bond acceptors (Lipinski definition) is 1. The van der Waals surface area contributed by atoms with Crippen LogP contribution in [0.25, 0.3) is 0 Å². The number of rotatable bonds is 0. The zero-order chi connectivity index (χ0) is 9.73. The lowest BCUT2D eigenvalue weighted by Crippen LogP contribution is -2.70. The van der Waals surface area contributed by atoms with E-state index in [9.17, 15) is 0 Å². The Morgan fingerprint density at radius 3 is 2.60 bits per heavy atom. The molecule has 0 aromatic rings. The normalized spacial score (nSPS) is 73.0. The molecule has 7 fully saturated rings. The zero-order valence-electron chi connectivity index (χ0n) is 8.81. The molecule has 0 aromatic heterocycles. The zero-order valence-corrected chi connectivity index (χ0v) is 10.4. The van der Waals surface area contributed by atoms with Gasteiger partial charge in [-0.25, -0.2) is 0 Å². The van der Waals surface area contributed by atoms with E-state index in [1.807, 2.05) is 0 Å². The smallest absolute Gasteiger partial charge is 0.0709 e. The molecular formula is C13H17BrO. The molecule has 2 heterocycles. The predicted molar refractivity (Wildman–Crippen MR) is 60.8 cm³/mol. The highest BCUT2D eigenvalue weighted by atomic mass is 79.9. The van der Waals surface area contributed by atoms with Gasteiger partial charge in [-0.1, -0.05) is 15.9 Å². The third-order valence-corrected chi connectivity index (χ3v) is 7.51. The van der Waals surface area contributed by atoms with Gasteiger partial charge in [0.2, 0.25) is 0 Å². The summed E-state index contributed by atoms with van der Waals surface area (Å²) in [6.45, 7) is 0. The Morgan fingerprint density at radius 2 is 1.67 bits per heavy atom. The molecule has 0 radical (unpaired) electrons. The van der Waals surface area contributed by atoms with Gasteiger partial charge in [-0.2, -0.15) is 0 Å². The van der Waals surface area contributed by atoms with E-state index in [4.69, 9.17) is 4.74 Å². The lowest BCUT2D eigenvalue weighted by molar-refractivity contribution is -0.283. The van der Waals surface area contributed by atoms with E-state index in [2.05, 4.69) is 15.9 Å². The van der Waals surface area contributed by atoms with Gasteiger partial charge in [-0.15, -0.1) is 0 Å². The van der Waals surface area contributed by atoms with Crippen LogP contribution in [0.2, 0.25) is 0 Å². The number of ether oxygens (including phenoxy) is 1. The largest absolute Gasteiger partial charge is 0.373 e. The highest BCUT2D eigenvalue weighted by molar-refractivity contribution is 9.09. The van der Waals surface area contributed by atoms with Crippen LogP contribution in [0.15, 0.2) is 0 Å². The van der Waals surface area contributed by atoms with Crippen molar-refractivity contribution in [3.05, 3.63) is 0 Å². The number of halogens is 1. The van der Waals surface area contributed by atoms with E-state index in [-0.39, 0.29) is 0 Å². The van der Waals surface area contributed by atoms with E-state index < -0.39 is 0 Å². The van der Waals surface area contributed by atoms with Gasteiger partial charge in [0.15, 0.2) is 0 Å². The summed E-state index contributed by atoms with van der Waals surface area (Å²) in [6, 6.07) is 0. The first-order valence-electron chi connectivity index (χ1n) is 6.62. The Bertz CT molecular complexity index is 306. The average molecular weight is 269 g/mol. The molecule has 2 saturated heterocycles. The molecule has 7 aliphatic rings. The molecule has 82 valence electrons. The number of hydrogen-bond donors (Lipinski definition) is 0. The van der Waals surface area contributed by atoms with Gasteiger partial charge in [0.05, 0.1) is 12.2 Å². The second-order valence-electron chi connectivity index (χ2n) is 6.63. The van der Waals surface area contributed by atoms with E-state index in [1.54, 1.807) is 6.42 Å². The molecule has 5 saturated carbocycles. The summed E-state index contributed by atoms with van der Waals surface area (Å²) in [5.74, 6) is 6.10. The first-order chi connectivity index (χ1) is 7.33. The SMILES string of the molecule is Br[C@@H]1C2CC3C4CC5CC3C1C(C5)C4O2. The molecule has 0 spiro atoms. The van der Waals surface area contributed by atoms with Gasteiger partial charge in [0.25, 0.3) is 0 Å². The maximum atomic E-state index is 6.32. The van der Waals surface area contributed by atoms with Crippen molar-refractivity contribution in [2.24, 2.45) is 35.5 Å². The van der Waals surface area contributed by atoms with Gasteiger partial charge in [0, 0.05) is 4.83 Å². The molecule has 8 bridgehead atoms. The quantitative estimate of drug-likeness (QED) is 0.614. The fourth-order valence-electron chi connectivity index (χ4n) is 6.08. The van der Waals surface area contributed by atoms with Crippen LogP contribution in [-0.4, -0.2) is 17.0 Å². The minimum absolute atomic E-state index is 0.573. The standard InChI is InChI=1S/C13H17BrO/c14-12-10-4-6-7-1-5-2-8(6)13(15-10)9(3-5)11(7)12/h5-13H,1-4H2/t5?,6?,7?,8?,9?,10?,11?,12-,13?/m1/s1. The van der Waals surface area contributed by atoms with Crippen LogP contribution in [0.1, 0.15) is 25.7 Å². The predicted octanol–water partition coefficient (Wildman–Crippen LogP) is 2.83. The Morgan fingerprint density at radius 1 is 0.867 bits per heavy atom. The van der Waals surface area contributed by atoms with Gasteiger partial charge in [0.1, 0.15) is 0 Å². The van der Waals surface area contributed by atoms with Gasteiger partial charge in [-0.05, 0) is 61.2 Å². The van der Waals surface area contributed by atoms with Crippen molar-refractivity contribution < 1.29 is 4.74 Å². The molecule has 15 heavy (non-hydrogen) atoms. The Hall–Kier alpha value is 0.440. The van der Waals surface area contributed by atoms with Crippen molar-refractivity contribution in [1.29, 1.82) is 0 Å². The minimum Gasteiger partial charge on any atom is -0.373 e. The van der Waals surface area contributed by atoms with Crippen molar-refractivity contribution in [2.45, 2.75) is 42.7 Å². The van der Waals surface area contributed by atoms with Crippen LogP contribution in [0.5, 0.6) is 0 Å². The molecule has 0 N–H and O–H groups in total. The van der Waals surface area contributed by atoms with Crippen molar-refractivity contribution in [3.8, 4) is 0 Å². The lowest BCUT2D eigenvalue weighted by Gasteiger charge is -2.70. The molecule has 0 aromatic carbocycles. The fraction of sp³-hybridized carbons (Fsp3) is 1.00. The third kappa shape index (κ3) is 0.813. The van der Waals surface area contributed by atoms with Gasteiger partial charge < -0.3 is 4.74 Å². The second-order valence-corrected chi connectivity index (χ2v) is 7.68. The highest BCUT2D eigenvalue weighted by Gasteiger charge is 2.67. The van der Waals surface area contributed by atoms with Crippen molar-refractivity contribution in [2.75, 3.05) is 0 Å². The minimum atomic E-state index is 0.573. The fourth-order valence-corrected chi connectivity index (χ4v) is 7.20. The van der Waals surface area contributed by atoms with Crippen LogP contribution in [-0.2, 0) is 4.74 Å². The summed E-state index contributed by atoms with van der Waals surface area (Å²) in [5.41, 5.74) is 0. The Balaban J connectivity index is 1.69. The van der Waals surface area contributed by atoms with Crippen molar-refractivity contribution >= 4 is 15.9 Å².